The molecule has 26 heavy (non-hydrogen) atoms. The quantitative estimate of drug-likeness (QED) is 0.721. The van der Waals surface area contributed by atoms with E-state index in [1.165, 1.54) is 6.07 Å². The third-order valence-electron chi connectivity index (χ3n) is 3.97. The van der Waals surface area contributed by atoms with Crippen molar-refractivity contribution in [3.8, 4) is 23.0 Å². The second-order valence-electron chi connectivity index (χ2n) is 5.55. The normalized spacial score (nSPS) is 12.0. The zero-order valence-corrected chi connectivity index (χ0v) is 15.2. The van der Waals surface area contributed by atoms with Gasteiger partial charge in [0.2, 0.25) is 5.75 Å². The second-order valence-corrected chi connectivity index (χ2v) is 5.55. The van der Waals surface area contributed by atoms with Crippen LogP contribution < -0.4 is 24.3 Å². The highest BCUT2D eigenvalue weighted by Gasteiger charge is 2.16. The molecule has 0 saturated heterocycles. The number of benzene rings is 2. The Morgan fingerprint density at radius 2 is 1.69 bits per heavy atom. The zero-order valence-electron chi connectivity index (χ0n) is 15.2. The lowest BCUT2D eigenvalue weighted by molar-refractivity contribution is -0.0499. The summed E-state index contributed by atoms with van der Waals surface area (Å²) in [4.78, 5) is 0. The lowest BCUT2D eigenvalue weighted by Crippen LogP contribution is -2.19. The predicted octanol–water partition coefficient (Wildman–Crippen LogP) is 4.16. The van der Waals surface area contributed by atoms with Crippen molar-refractivity contribution >= 4 is 0 Å². The Hall–Kier alpha value is -2.54. The largest absolute Gasteiger partial charge is 0.493 e. The average molecular weight is 367 g/mol. The van der Waals surface area contributed by atoms with E-state index in [1.807, 2.05) is 19.1 Å². The van der Waals surface area contributed by atoms with Gasteiger partial charge in [0.05, 0.1) is 21.3 Å². The van der Waals surface area contributed by atoms with E-state index in [1.54, 1.807) is 39.5 Å². The number of hydrogen-bond acceptors (Lipinski definition) is 5. The van der Waals surface area contributed by atoms with Gasteiger partial charge >= 0.3 is 6.61 Å². The van der Waals surface area contributed by atoms with Crippen molar-refractivity contribution in [3.63, 3.8) is 0 Å². The smallest absolute Gasteiger partial charge is 0.387 e. The molecule has 0 aromatic heterocycles. The van der Waals surface area contributed by atoms with E-state index >= 15 is 0 Å². The highest BCUT2D eigenvalue weighted by molar-refractivity contribution is 5.55. The van der Waals surface area contributed by atoms with Gasteiger partial charge in [0.15, 0.2) is 11.5 Å². The zero-order chi connectivity index (χ0) is 19.1. The summed E-state index contributed by atoms with van der Waals surface area (Å²) in [6.45, 7) is -0.413. The third kappa shape index (κ3) is 4.76. The molecule has 0 heterocycles. The number of hydrogen-bond donors (Lipinski definition) is 1. The summed E-state index contributed by atoms with van der Waals surface area (Å²) in [5.41, 5.74) is 1.72. The Bertz CT molecular complexity index is 725. The lowest BCUT2D eigenvalue weighted by atomic mass is 10.1. The van der Waals surface area contributed by atoms with Crippen molar-refractivity contribution in [3.05, 3.63) is 47.5 Å². The fraction of sp³-hybridized carbons (Fsp3) is 0.368. The summed E-state index contributed by atoms with van der Waals surface area (Å²) < 4.78 is 45.3. The van der Waals surface area contributed by atoms with Crippen LogP contribution >= 0.6 is 0 Å². The van der Waals surface area contributed by atoms with Crippen molar-refractivity contribution < 1.29 is 27.7 Å². The van der Waals surface area contributed by atoms with E-state index in [4.69, 9.17) is 14.2 Å². The van der Waals surface area contributed by atoms with Crippen LogP contribution in [0.3, 0.4) is 0 Å². The maximum absolute atomic E-state index is 12.4. The van der Waals surface area contributed by atoms with E-state index < -0.39 is 6.61 Å². The van der Waals surface area contributed by atoms with Gasteiger partial charge in [-0.1, -0.05) is 18.2 Å². The summed E-state index contributed by atoms with van der Waals surface area (Å²) in [6, 6.07) is 10.2. The van der Waals surface area contributed by atoms with Gasteiger partial charge in [-0.2, -0.15) is 8.78 Å². The van der Waals surface area contributed by atoms with Gasteiger partial charge in [-0.3, -0.25) is 0 Å². The third-order valence-corrected chi connectivity index (χ3v) is 3.97. The van der Waals surface area contributed by atoms with Crippen LogP contribution in [0.25, 0.3) is 0 Å². The Balaban J connectivity index is 2.13. The van der Waals surface area contributed by atoms with E-state index in [0.29, 0.717) is 23.8 Å². The van der Waals surface area contributed by atoms with E-state index in [0.717, 1.165) is 11.1 Å². The van der Waals surface area contributed by atoms with E-state index in [9.17, 15) is 8.78 Å². The summed E-state index contributed by atoms with van der Waals surface area (Å²) in [7, 11) is 4.68. The first-order chi connectivity index (χ1) is 12.5. The molecule has 0 aliphatic carbocycles. The minimum atomic E-state index is -2.84. The fourth-order valence-corrected chi connectivity index (χ4v) is 2.64. The second kappa shape index (κ2) is 9.24. The number of halogens is 2. The summed E-state index contributed by atoms with van der Waals surface area (Å²) in [5, 5.41) is 3.34. The minimum Gasteiger partial charge on any atom is -0.493 e. The monoisotopic (exact) mass is 367 g/mol. The van der Waals surface area contributed by atoms with Gasteiger partial charge < -0.3 is 24.3 Å². The Kier molecular flexibility index (Phi) is 7.03. The molecule has 2 aromatic carbocycles. The van der Waals surface area contributed by atoms with Crippen LogP contribution in [0.1, 0.15) is 24.1 Å². The number of alkyl halides is 2. The molecule has 0 aliphatic rings. The van der Waals surface area contributed by atoms with Crippen LogP contribution in [0, 0.1) is 0 Å². The topological polar surface area (TPSA) is 49.0 Å². The SMILES string of the molecule is COc1ccc(CNC(C)c2cccc(OC(F)F)c2)c(OC)c1OC. The molecular formula is C19H23F2NO4. The summed E-state index contributed by atoms with van der Waals surface area (Å²) in [5.74, 6) is 1.82. The van der Waals surface area contributed by atoms with Gasteiger partial charge in [-0.25, -0.2) is 0 Å². The van der Waals surface area contributed by atoms with Gasteiger partial charge in [-0.05, 0) is 30.7 Å². The Morgan fingerprint density at radius 1 is 0.962 bits per heavy atom. The Labute approximate surface area is 151 Å². The van der Waals surface area contributed by atoms with Crippen LogP contribution in [0.2, 0.25) is 0 Å². The van der Waals surface area contributed by atoms with Crippen LogP contribution in [0.5, 0.6) is 23.0 Å². The molecular weight excluding hydrogens is 344 g/mol. The molecule has 142 valence electrons. The molecule has 5 nitrogen and oxygen atoms in total. The number of methoxy groups -OCH3 is 3. The van der Waals surface area contributed by atoms with E-state index in [-0.39, 0.29) is 11.8 Å². The van der Waals surface area contributed by atoms with Crippen LogP contribution in [0.15, 0.2) is 36.4 Å². The molecule has 1 N–H and O–H groups in total. The molecule has 0 amide bonds. The molecule has 0 bridgehead atoms. The lowest BCUT2D eigenvalue weighted by Gasteiger charge is -2.19. The number of nitrogens with one attached hydrogen (secondary N) is 1. The molecule has 0 radical (unpaired) electrons. The maximum Gasteiger partial charge on any atom is 0.387 e. The summed E-state index contributed by atoms with van der Waals surface area (Å²) >= 11 is 0. The standard InChI is InChI=1S/C19H23F2NO4/c1-12(13-6-5-7-15(10-13)26-19(20)21)22-11-14-8-9-16(23-2)18(25-4)17(14)24-3/h5-10,12,19,22H,11H2,1-4H3. The molecule has 1 atom stereocenters. The molecule has 2 rings (SSSR count). The van der Waals surface area contributed by atoms with Crippen molar-refractivity contribution in [2.45, 2.75) is 26.1 Å². The maximum atomic E-state index is 12.4. The van der Waals surface area contributed by atoms with Crippen molar-refractivity contribution in [2.75, 3.05) is 21.3 Å². The molecule has 0 aliphatic heterocycles. The first kappa shape index (κ1) is 19.8. The first-order valence-electron chi connectivity index (χ1n) is 8.06. The van der Waals surface area contributed by atoms with Crippen molar-refractivity contribution in [2.24, 2.45) is 0 Å². The molecule has 0 saturated carbocycles. The van der Waals surface area contributed by atoms with Gasteiger partial charge in [-0.15, -0.1) is 0 Å². The van der Waals surface area contributed by atoms with Crippen LogP contribution in [-0.4, -0.2) is 27.9 Å². The minimum absolute atomic E-state index is 0.0889. The predicted molar refractivity (Wildman–Crippen MR) is 94.4 cm³/mol. The number of ether oxygens (including phenoxy) is 4. The highest BCUT2D eigenvalue weighted by atomic mass is 19.3. The molecule has 7 heteroatoms. The Morgan fingerprint density at radius 3 is 2.31 bits per heavy atom. The van der Waals surface area contributed by atoms with Crippen LogP contribution in [-0.2, 0) is 6.54 Å². The molecule has 1 unspecified atom stereocenters. The summed E-state index contributed by atoms with van der Waals surface area (Å²) in [6.07, 6.45) is 0. The fourth-order valence-electron chi connectivity index (χ4n) is 2.64. The van der Waals surface area contributed by atoms with E-state index in [2.05, 4.69) is 10.1 Å². The molecule has 0 fully saturated rings. The van der Waals surface area contributed by atoms with Crippen molar-refractivity contribution in [1.82, 2.24) is 5.32 Å². The van der Waals surface area contributed by atoms with Crippen LogP contribution in [0.4, 0.5) is 8.78 Å². The van der Waals surface area contributed by atoms with Gasteiger partial charge in [0.25, 0.3) is 0 Å². The van der Waals surface area contributed by atoms with Gasteiger partial charge in [0.1, 0.15) is 5.75 Å². The average Bonchev–Trinajstić information content (AvgIpc) is 2.64. The molecule has 2 aromatic rings. The first-order valence-corrected chi connectivity index (χ1v) is 8.06. The number of rotatable bonds is 9. The van der Waals surface area contributed by atoms with Gasteiger partial charge in [0, 0.05) is 18.2 Å². The molecule has 0 spiro atoms. The highest BCUT2D eigenvalue weighted by Crippen LogP contribution is 2.39. The van der Waals surface area contributed by atoms with Crippen molar-refractivity contribution in [1.29, 1.82) is 0 Å².